The first-order valence-corrected chi connectivity index (χ1v) is 11.2. The van der Waals surface area contributed by atoms with Crippen molar-refractivity contribution in [1.29, 1.82) is 0 Å². The minimum absolute atomic E-state index is 0.0664. The highest BCUT2D eigenvalue weighted by Gasteiger charge is 2.28. The molecule has 1 aromatic rings. The first kappa shape index (κ1) is 23.3. The second-order valence-corrected chi connectivity index (χ2v) is 9.04. The summed E-state index contributed by atoms with van der Waals surface area (Å²) in [4.78, 5) is 37.3. The summed E-state index contributed by atoms with van der Waals surface area (Å²) in [5, 5.41) is 5.82. The Morgan fingerprint density at radius 1 is 1.14 bits per heavy atom. The van der Waals surface area contributed by atoms with E-state index in [1.807, 2.05) is 13.8 Å². The van der Waals surface area contributed by atoms with Crippen LogP contribution in [0.25, 0.3) is 0 Å². The normalized spacial score (nSPS) is 21.5. The van der Waals surface area contributed by atoms with Gasteiger partial charge in [-0.1, -0.05) is 38.8 Å². The molecule has 0 heterocycles. The molecule has 0 radical (unpaired) electrons. The minimum atomic E-state index is -0.558. The Balaban J connectivity index is 1.87. The van der Waals surface area contributed by atoms with Gasteiger partial charge in [0.05, 0.1) is 11.3 Å². The average molecular weight is 421 g/mol. The number of ether oxygens (including phenoxy) is 1. The molecule has 2 rings (SSSR count). The number of rotatable bonds is 8. The van der Waals surface area contributed by atoms with Crippen molar-refractivity contribution in [1.82, 2.24) is 10.6 Å². The molecule has 3 atom stereocenters. The number of thioether (sulfide) groups is 1. The third kappa shape index (κ3) is 7.38. The van der Waals surface area contributed by atoms with Crippen LogP contribution < -0.4 is 10.6 Å². The summed E-state index contributed by atoms with van der Waals surface area (Å²) in [5.74, 6) is 0.276. The molecule has 7 heteroatoms. The number of hydrogen-bond acceptors (Lipinski definition) is 5. The van der Waals surface area contributed by atoms with Crippen LogP contribution >= 0.6 is 11.8 Å². The Morgan fingerprint density at radius 2 is 1.86 bits per heavy atom. The van der Waals surface area contributed by atoms with Gasteiger partial charge in [-0.2, -0.15) is 0 Å². The SMILES string of the molecule is CC(C)NC(=O)CSc1ccccc1C(=O)OCC(=O)N[C@@H]1CCC[C@H](C)[C@H]1C. The summed E-state index contributed by atoms with van der Waals surface area (Å²) >= 11 is 1.28. The Hall–Kier alpha value is -2.02. The van der Waals surface area contributed by atoms with Crippen LogP contribution in [0.4, 0.5) is 0 Å². The van der Waals surface area contributed by atoms with E-state index in [4.69, 9.17) is 4.74 Å². The molecule has 0 spiro atoms. The fourth-order valence-corrected chi connectivity index (χ4v) is 4.36. The zero-order chi connectivity index (χ0) is 21.4. The smallest absolute Gasteiger partial charge is 0.339 e. The van der Waals surface area contributed by atoms with Crippen LogP contribution in [-0.2, 0) is 14.3 Å². The largest absolute Gasteiger partial charge is 0.452 e. The van der Waals surface area contributed by atoms with Crippen molar-refractivity contribution in [3.63, 3.8) is 0 Å². The molecular formula is C22H32N2O4S. The molecule has 0 bridgehead atoms. The van der Waals surface area contributed by atoms with Gasteiger partial charge in [0, 0.05) is 17.0 Å². The summed E-state index contributed by atoms with van der Waals surface area (Å²) in [6, 6.07) is 7.16. The minimum Gasteiger partial charge on any atom is -0.452 e. The quantitative estimate of drug-likeness (QED) is 0.497. The van der Waals surface area contributed by atoms with Gasteiger partial charge in [0.1, 0.15) is 0 Å². The maximum absolute atomic E-state index is 12.5. The second kappa shape index (κ2) is 11.2. The van der Waals surface area contributed by atoms with E-state index in [9.17, 15) is 14.4 Å². The van der Waals surface area contributed by atoms with Crippen LogP contribution in [0.5, 0.6) is 0 Å². The number of benzene rings is 1. The Kier molecular flexibility index (Phi) is 9.01. The van der Waals surface area contributed by atoms with Crippen molar-refractivity contribution in [3.8, 4) is 0 Å². The average Bonchev–Trinajstić information content (AvgIpc) is 2.68. The van der Waals surface area contributed by atoms with Gasteiger partial charge in [0.15, 0.2) is 6.61 Å². The highest BCUT2D eigenvalue weighted by atomic mass is 32.2. The highest BCUT2D eigenvalue weighted by Crippen LogP contribution is 2.29. The predicted molar refractivity (Wildman–Crippen MR) is 115 cm³/mol. The summed E-state index contributed by atoms with van der Waals surface area (Å²) in [5.41, 5.74) is 0.363. The Bertz CT molecular complexity index is 723. The van der Waals surface area contributed by atoms with Crippen LogP contribution in [0.15, 0.2) is 29.2 Å². The topological polar surface area (TPSA) is 84.5 Å². The highest BCUT2D eigenvalue weighted by molar-refractivity contribution is 8.00. The molecule has 1 saturated carbocycles. The van der Waals surface area contributed by atoms with Gasteiger partial charge >= 0.3 is 5.97 Å². The predicted octanol–water partition coefficient (Wildman–Crippen LogP) is 3.40. The molecule has 2 N–H and O–H groups in total. The molecule has 0 aliphatic heterocycles. The van der Waals surface area contributed by atoms with E-state index < -0.39 is 5.97 Å². The molecule has 1 aliphatic carbocycles. The van der Waals surface area contributed by atoms with E-state index in [2.05, 4.69) is 24.5 Å². The van der Waals surface area contributed by atoms with E-state index in [0.29, 0.717) is 22.3 Å². The van der Waals surface area contributed by atoms with Crippen LogP contribution in [0, 0.1) is 11.8 Å². The third-order valence-electron chi connectivity index (χ3n) is 5.30. The van der Waals surface area contributed by atoms with Crippen molar-refractivity contribution in [2.75, 3.05) is 12.4 Å². The van der Waals surface area contributed by atoms with Crippen molar-refractivity contribution in [3.05, 3.63) is 29.8 Å². The number of carbonyl (C=O) groups is 3. The van der Waals surface area contributed by atoms with Gasteiger partial charge in [-0.3, -0.25) is 9.59 Å². The first-order valence-electron chi connectivity index (χ1n) is 10.3. The fourth-order valence-electron chi connectivity index (χ4n) is 3.51. The van der Waals surface area contributed by atoms with Gasteiger partial charge in [-0.25, -0.2) is 4.79 Å². The summed E-state index contributed by atoms with van der Waals surface area (Å²) in [7, 11) is 0. The van der Waals surface area contributed by atoms with Crippen molar-refractivity contribution in [2.45, 2.75) is 63.9 Å². The maximum atomic E-state index is 12.5. The summed E-state index contributed by atoms with van der Waals surface area (Å²) < 4.78 is 5.24. The van der Waals surface area contributed by atoms with E-state index in [1.54, 1.807) is 24.3 Å². The molecule has 0 saturated heterocycles. The second-order valence-electron chi connectivity index (χ2n) is 8.02. The van der Waals surface area contributed by atoms with Gasteiger partial charge < -0.3 is 15.4 Å². The Morgan fingerprint density at radius 3 is 2.59 bits per heavy atom. The maximum Gasteiger partial charge on any atom is 0.339 e. The van der Waals surface area contributed by atoms with E-state index in [-0.39, 0.29) is 36.3 Å². The molecule has 1 fully saturated rings. The van der Waals surface area contributed by atoms with Crippen LogP contribution in [0.1, 0.15) is 57.3 Å². The van der Waals surface area contributed by atoms with Crippen LogP contribution in [0.3, 0.4) is 0 Å². The first-order chi connectivity index (χ1) is 13.8. The van der Waals surface area contributed by atoms with E-state index in [0.717, 1.165) is 12.8 Å². The number of carbonyl (C=O) groups excluding carboxylic acids is 3. The lowest BCUT2D eigenvalue weighted by Crippen LogP contribution is -2.45. The molecule has 0 unspecified atom stereocenters. The molecule has 29 heavy (non-hydrogen) atoms. The van der Waals surface area contributed by atoms with E-state index >= 15 is 0 Å². The molecule has 160 valence electrons. The van der Waals surface area contributed by atoms with Gasteiger partial charge in [-0.05, 0) is 44.2 Å². The standard InChI is InChI=1S/C22H32N2O4S/c1-14(2)23-21(26)13-29-19-11-6-5-9-17(19)22(27)28-12-20(25)24-18-10-7-8-15(3)16(18)4/h5-6,9,11,14-16,18H,7-8,10,12-13H2,1-4H3,(H,23,26)(H,24,25)/t15-,16+,18+/m0/s1. The number of nitrogens with one attached hydrogen (secondary N) is 2. The lowest BCUT2D eigenvalue weighted by atomic mass is 9.78. The molecule has 0 aromatic heterocycles. The zero-order valence-corrected chi connectivity index (χ0v) is 18.5. The van der Waals surface area contributed by atoms with Gasteiger partial charge in [0.2, 0.25) is 5.91 Å². The van der Waals surface area contributed by atoms with Gasteiger partial charge in [-0.15, -0.1) is 11.8 Å². The number of amides is 2. The number of esters is 1. The lowest BCUT2D eigenvalue weighted by molar-refractivity contribution is -0.125. The third-order valence-corrected chi connectivity index (χ3v) is 6.38. The molecule has 2 amide bonds. The summed E-state index contributed by atoms with van der Waals surface area (Å²) in [6.45, 7) is 7.85. The molecule has 1 aromatic carbocycles. The van der Waals surface area contributed by atoms with Crippen molar-refractivity contribution in [2.24, 2.45) is 11.8 Å². The Labute approximate surface area is 177 Å². The number of hydrogen-bond donors (Lipinski definition) is 2. The lowest BCUT2D eigenvalue weighted by Gasteiger charge is -2.34. The molecule has 6 nitrogen and oxygen atoms in total. The monoisotopic (exact) mass is 420 g/mol. The van der Waals surface area contributed by atoms with Crippen LogP contribution in [-0.4, -0.2) is 42.2 Å². The zero-order valence-electron chi connectivity index (χ0n) is 17.7. The van der Waals surface area contributed by atoms with E-state index in [1.165, 1.54) is 18.2 Å². The summed E-state index contributed by atoms with van der Waals surface area (Å²) in [6.07, 6.45) is 3.25. The molecular weight excluding hydrogens is 388 g/mol. The molecule has 1 aliphatic rings. The fraction of sp³-hybridized carbons (Fsp3) is 0.591. The van der Waals surface area contributed by atoms with Crippen LogP contribution in [0.2, 0.25) is 0 Å². The van der Waals surface area contributed by atoms with Gasteiger partial charge in [0.25, 0.3) is 5.91 Å². The van der Waals surface area contributed by atoms with Crippen molar-refractivity contribution >= 4 is 29.5 Å². The van der Waals surface area contributed by atoms with Crippen molar-refractivity contribution < 1.29 is 19.1 Å².